The largest absolute Gasteiger partial charge is 0.328 e. The Kier molecular flexibility index (Phi) is 4.43. The Labute approximate surface area is 92.1 Å². The molecule has 0 saturated heterocycles. The van der Waals surface area contributed by atoms with Crippen molar-refractivity contribution in [2.75, 3.05) is 0 Å². The van der Waals surface area contributed by atoms with Crippen molar-refractivity contribution < 1.29 is 0 Å². The molecule has 0 amide bonds. The summed E-state index contributed by atoms with van der Waals surface area (Å²) in [6, 6.07) is 11.2. The first-order chi connectivity index (χ1) is 6.36. The van der Waals surface area contributed by atoms with Gasteiger partial charge in [-0.05, 0) is 30.7 Å². The fourth-order valence-electron chi connectivity index (χ4n) is 2.26. The summed E-state index contributed by atoms with van der Waals surface area (Å²) in [4.78, 5) is 0. The van der Waals surface area contributed by atoms with E-state index < -0.39 is 0 Å². The van der Waals surface area contributed by atoms with Crippen LogP contribution in [0.15, 0.2) is 30.3 Å². The van der Waals surface area contributed by atoms with Crippen LogP contribution in [0.5, 0.6) is 0 Å². The van der Waals surface area contributed by atoms with Crippen LogP contribution < -0.4 is 5.73 Å². The zero-order valence-corrected chi connectivity index (χ0v) is 9.17. The molecule has 2 N–H and O–H groups in total. The van der Waals surface area contributed by atoms with E-state index >= 15 is 0 Å². The highest BCUT2D eigenvalue weighted by Crippen LogP contribution is 2.31. The van der Waals surface area contributed by atoms with Crippen LogP contribution in [0, 0.1) is 0 Å². The smallest absolute Gasteiger partial charge is 0.00446 e. The van der Waals surface area contributed by atoms with Gasteiger partial charge in [0.25, 0.3) is 0 Å². The van der Waals surface area contributed by atoms with Crippen molar-refractivity contribution >= 4 is 12.4 Å². The monoisotopic (exact) mass is 211 g/mol. The third-order valence-corrected chi connectivity index (χ3v) is 2.99. The summed E-state index contributed by atoms with van der Waals surface area (Å²) in [5.41, 5.74) is 7.43. The molecule has 0 heterocycles. The highest BCUT2D eigenvalue weighted by atomic mass is 35.5. The van der Waals surface area contributed by atoms with E-state index in [0.717, 1.165) is 0 Å². The molecule has 2 atom stereocenters. The normalized spacial score (nSPS) is 26.6. The summed E-state index contributed by atoms with van der Waals surface area (Å²) < 4.78 is 0. The molecule has 2 rings (SSSR count). The SMILES string of the molecule is Cl.N[C@@H]1CCC[C@H](c2ccccc2)C1. The molecule has 1 nitrogen and oxygen atoms in total. The van der Waals surface area contributed by atoms with Crippen LogP contribution in [-0.4, -0.2) is 6.04 Å². The van der Waals surface area contributed by atoms with Crippen LogP contribution in [-0.2, 0) is 0 Å². The molecule has 0 radical (unpaired) electrons. The van der Waals surface area contributed by atoms with Gasteiger partial charge in [-0.3, -0.25) is 0 Å². The average Bonchev–Trinajstić information content (AvgIpc) is 2.19. The van der Waals surface area contributed by atoms with Crippen LogP contribution in [0.4, 0.5) is 0 Å². The van der Waals surface area contributed by atoms with Crippen molar-refractivity contribution in [1.82, 2.24) is 0 Å². The molecular weight excluding hydrogens is 194 g/mol. The molecule has 1 fully saturated rings. The molecule has 1 aliphatic rings. The lowest BCUT2D eigenvalue weighted by molar-refractivity contribution is 0.393. The van der Waals surface area contributed by atoms with Gasteiger partial charge in [-0.25, -0.2) is 0 Å². The van der Waals surface area contributed by atoms with E-state index in [4.69, 9.17) is 5.73 Å². The first-order valence-electron chi connectivity index (χ1n) is 5.17. The van der Waals surface area contributed by atoms with E-state index in [-0.39, 0.29) is 12.4 Å². The second kappa shape index (κ2) is 5.38. The third-order valence-electron chi connectivity index (χ3n) is 2.99. The molecule has 2 heteroatoms. The third kappa shape index (κ3) is 2.73. The van der Waals surface area contributed by atoms with Crippen molar-refractivity contribution in [2.24, 2.45) is 5.73 Å². The Morgan fingerprint density at radius 2 is 1.79 bits per heavy atom. The average molecular weight is 212 g/mol. The highest BCUT2D eigenvalue weighted by molar-refractivity contribution is 5.85. The molecule has 0 aliphatic heterocycles. The van der Waals surface area contributed by atoms with Gasteiger partial charge in [0, 0.05) is 6.04 Å². The number of rotatable bonds is 1. The Morgan fingerprint density at radius 3 is 2.43 bits per heavy atom. The maximum absolute atomic E-state index is 5.96. The number of halogens is 1. The maximum atomic E-state index is 5.96. The molecule has 1 aliphatic carbocycles. The van der Waals surface area contributed by atoms with Crippen molar-refractivity contribution in [1.29, 1.82) is 0 Å². The highest BCUT2D eigenvalue weighted by Gasteiger charge is 2.19. The van der Waals surface area contributed by atoms with E-state index in [9.17, 15) is 0 Å². The summed E-state index contributed by atoms with van der Waals surface area (Å²) in [6.45, 7) is 0. The first kappa shape index (κ1) is 11.5. The first-order valence-corrected chi connectivity index (χ1v) is 5.17. The van der Waals surface area contributed by atoms with Gasteiger partial charge in [-0.2, -0.15) is 0 Å². The molecule has 0 unspecified atom stereocenters. The van der Waals surface area contributed by atoms with Crippen molar-refractivity contribution in [3.63, 3.8) is 0 Å². The van der Waals surface area contributed by atoms with Crippen LogP contribution in [0.1, 0.15) is 37.2 Å². The summed E-state index contributed by atoms with van der Waals surface area (Å²) >= 11 is 0. The Morgan fingerprint density at radius 1 is 1.07 bits per heavy atom. The fourth-order valence-corrected chi connectivity index (χ4v) is 2.26. The molecule has 1 aromatic rings. The summed E-state index contributed by atoms with van der Waals surface area (Å²) in [5.74, 6) is 0.713. The second-order valence-electron chi connectivity index (χ2n) is 4.03. The second-order valence-corrected chi connectivity index (χ2v) is 4.03. The van der Waals surface area contributed by atoms with Gasteiger partial charge < -0.3 is 5.73 Å². The van der Waals surface area contributed by atoms with Gasteiger partial charge in [0.2, 0.25) is 0 Å². The van der Waals surface area contributed by atoms with Crippen molar-refractivity contribution in [3.05, 3.63) is 35.9 Å². The minimum absolute atomic E-state index is 0. The lowest BCUT2D eigenvalue weighted by Crippen LogP contribution is -2.26. The molecule has 0 aromatic heterocycles. The van der Waals surface area contributed by atoms with E-state index in [1.165, 1.54) is 31.2 Å². The fraction of sp³-hybridized carbons (Fsp3) is 0.500. The van der Waals surface area contributed by atoms with Gasteiger partial charge in [-0.15, -0.1) is 12.4 Å². The quantitative estimate of drug-likeness (QED) is 0.759. The summed E-state index contributed by atoms with van der Waals surface area (Å²) in [5, 5.41) is 0. The van der Waals surface area contributed by atoms with E-state index in [0.29, 0.717) is 12.0 Å². The summed E-state index contributed by atoms with van der Waals surface area (Å²) in [7, 11) is 0. The molecule has 1 aromatic carbocycles. The minimum Gasteiger partial charge on any atom is -0.328 e. The van der Waals surface area contributed by atoms with E-state index in [1.54, 1.807) is 0 Å². The van der Waals surface area contributed by atoms with Crippen LogP contribution in [0.2, 0.25) is 0 Å². The van der Waals surface area contributed by atoms with Gasteiger partial charge in [-0.1, -0.05) is 36.8 Å². The zero-order valence-electron chi connectivity index (χ0n) is 8.36. The predicted octanol–water partition coefficient (Wildman–Crippen LogP) is 3.09. The van der Waals surface area contributed by atoms with Crippen LogP contribution >= 0.6 is 12.4 Å². The lowest BCUT2D eigenvalue weighted by atomic mass is 9.82. The molecular formula is C12H18ClN. The van der Waals surface area contributed by atoms with Gasteiger partial charge in [0.15, 0.2) is 0 Å². The Bertz CT molecular complexity index is 260. The standard InChI is InChI=1S/C12H17N.ClH/c13-12-8-4-7-11(9-12)10-5-2-1-3-6-10;/h1-3,5-6,11-12H,4,7-9,13H2;1H/t11-,12+;/m0./s1. The topological polar surface area (TPSA) is 26.0 Å². The number of benzene rings is 1. The lowest BCUT2D eigenvalue weighted by Gasteiger charge is -2.26. The molecule has 14 heavy (non-hydrogen) atoms. The molecule has 0 bridgehead atoms. The van der Waals surface area contributed by atoms with Gasteiger partial charge in [0.1, 0.15) is 0 Å². The van der Waals surface area contributed by atoms with Gasteiger partial charge in [0.05, 0.1) is 0 Å². The van der Waals surface area contributed by atoms with Gasteiger partial charge >= 0.3 is 0 Å². The predicted molar refractivity (Wildman–Crippen MR) is 62.9 cm³/mol. The zero-order chi connectivity index (χ0) is 9.10. The van der Waals surface area contributed by atoms with Crippen LogP contribution in [0.25, 0.3) is 0 Å². The van der Waals surface area contributed by atoms with E-state index in [2.05, 4.69) is 30.3 Å². The Balaban J connectivity index is 0.000000980. The number of hydrogen-bond donors (Lipinski definition) is 1. The van der Waals surface area contributed by atoms with Crippen molar-refractivity contribution in [2.45, 2.75) is 37.6 Å². The van der Waals surface area contributed by atoms with E-state index in [1.807, 2.05) is 0 Å². The van der Waals surface area contributed by atoms with Crippen LogP contribution in [0.3, 0.4) is 0 Å². The number of nitrogens with two attached hydrogens (primary N) is 1. The minimum atomic E-state index is 0. The van der Waals surface area contributed by atoms with Crippen molar-refractivity contribution in [3.8, 4) is 0 Å². The Hall–Kier alpha value is -0.530. The number of hydrogen-bond acceptors (Lipinski definition) is 1. The summed E-state index contributed by atoms with van der Waals surface area (Å²) in [6.07, 6.45) is 4.99. The molecule has 78 valence electrons. The maximum Gasteiger partial charge on any atom is 0.00446 e. The molecule has 1 saturated carbocycles. The molecule has 0 spiro atoms.